The Morgan fingerprint density at radius 2 is 2.35 bits per heavy atom. The lowest BCUT2D eigenvalue weighted by Crippen LogP contribution is -2.04. The molecule has 20 heavy (non-hydrogen) atoms. The molecule has 0 saturated carbocycles. The van der Waals surface area contributed by atoms with Gasteiger partial charge in [-0.05, 0) is 6.42 Å². The minimum atomic E-state index is 0.270. The smallest absolute Gasteiger partial charge is 0.234 e. The van der Waals surface area contributed by atoms with Crippen molar-refractivity contribution in [1.82, 2.24) is 29.6 Å². The molecule has 3 aromatic heterocycles. The molecule has 1 fully saturated rings. The fourth-order valence-corrected chi connectivity index (χ4v) is 3.21. The highest BCUT2D eigenvalue weighted by atomic mass is 32.1. The number of nitrogens with two attached hydrogens (primary N) is 1. The van der Waals surface area contributed by atoms with E-state index in [4.69, 9.17) is 10.5 Å². The van der Waals surface area contributed by atoms with Crippen LogP contribution in [0.5, 0.6) is 0 Å². The molecule has 1 unspecified atom stereocenters. The second-order valence-corrected chi connectivity index (χ2v) is 5.74. The third-order valence-corrected chi connectivity index (χ3v) is 4.46. The molecule has 2 N–H and O–H groups in total. The number of nitrogens with zero attached hydrogens (tertiary/aromatic N) is 6. The Kier molecular flexibility index (Phi) is 2.51. The van der Waals surface area contributed by atoms with Crippen molar-refractivity contribution in [2.45, 2.75) is 12.3 Å². The molecule has 4 heterocycles. The molecule has 9 heteroatoms. The lowest BCUT2D eigenvalue weighted by molar-refractivity contribution is 0.193. The fraction of sp³-hybridized carbons (Fsp3) is 0.455. The number of ether oxygens (including phenoxy) is 1. The summed E-state index contributed by atoms with van der Waals surface area (Å²) in [5, 5.41) is 17.9. The van der Waals surface area contributed by atoms with Gasteiger partial charge in [-0.15, -0.1) is 10.2 Å². The SMILES string of the molecule is Cn1ncc(-c2nn3c(C4CCOC4)nnc3s2)c1N. The van der Waals surface area contributed by atoms with E-state index in [1.807, 2.05) is 0 Å². The van der Waals surface area contributed by atoms with Gasteiger partial charge >= 0.3 is 0 Å². The fourth-order valence-electron chi connectivity index (χ4n) is 2.35. The van der Waals surface area contributed by atoms with Gasteiger partial charge in [-0.25, -0.2) is 0 Å². The van der Waals surface area contributed by atoms with Gasteiger partial charge in [0.2, 0.25) is 4.96 Å². The van der Waals surface area contributed by atoms with Gasteiger partial charge in [0.15, 0.2) is 10.8 Å². The van der Waals surface area contributed by atoms with Crippen LogP contribution in [0.25, 0.3) is 15.5 Å². The number of aromatic nitrogens is 6. The van der Waals surface area contributed by atoms with Crippen molar-refractivity contribution in [3.63, 3.8) is 0 Å². The van der Waals surface area contributed by atoms with Gasteiger partial charge in [0.25, 0.3) is 0 Å². The minimum Gasteiger partial charge on any atom is -0.383 e. The van der Waals surface area contributed by atoms with Crippen molar-refractivity contribution < 1.29 is 4.74 Å². The first kappa shape index (κ1) is 11.8. The van der Waals surface area contributed by atoms with Crippen molar-refractivity contribution in [2.24, 2.45) is 7.05 Å². The third kappa shape index (κ3) is 1.63. The molecule has 0 aromatic carbocycles. The molecule has 4 rings (SSSR count). The summed E-state index contributed by atoms with van der Waals surface area (Å²) in [4.78, 5) is 0.769. The Bertz CT molecular complexity index is 767. The number of hydrogen-bond acceptors (Lipinski definition) is 7. The van der Waals surface area contributed by atoms with Crippen molar-refractivity contribution in [1.29, 1.82) is 0 Å². The van der Waals surface area contributed by atoms with Crippen LogP contribution in [0, 0.1) is 0 Å². The summed E-state index contributed by atoms with van der Waals surface area (Å²) in [6.45, 7) is 1.45. The van der Waals surface area contributed by atoms with Crippen molar-refractivity contribution >= 4 is 22.1 Å². The molecular formula is C11H13N7OS. The first-order valence-corrected chi connectivity index (χ1v) is 7.13. The summed E-state index contributed by atoms with van der Waals surface area (Å²) < 4.78 is 8.83. The quantitative estimate of drug-likeness (QED) is 0.745. The first-order chi connectivity index (χ1) is 9.74. The summed E-state index contributed by atoms with van der Waals surface area (Å²) in [7, 11) is 1.81. The Hall–Kier alpha value is -2.00. The highest BCUT2D eigenvalue weighted by molar-refractivity contribution is 7.19. The van der Waals surface area contributed by atoms with E-state index in [0.29, 0.717) is 12.4 Å². The van der Waals surface area contributed by atoms with Gasteiger partial charge in [-0.3, -0.25) is 4.68 Å². The van der Waals surface area contributed by atoms with Gasteiger partial charge in [-0.1, -0.05) is 11.3 Å². The van der Waals surface area contributed by atoms with E-state index in [1.54, 1.807) is 22.4 Å². The lowest BCUT2D eigenvalue weighted by atomic mass is 10.1. The van der Waals surface area contributed by atoms with E-state index in [1.165, 1.54) is 11.3 Å². The van der Waals surface area contributed by atoms with Crippen LogP contribution in [-0.4, -0.2) is 42.8 Å². The Labute approximate surface area is 118 Å². The van der Waals surface area contributed by atoms with Crippen LogP contribution in [0.1, 0.15) is 18.2 Å². The molecule has 1 saturated heterocycles. The largest absolute Gasteiger partial charge is 0.383 e. The van der Waals surface area contributed by atoms with E-state index in [2.05, 4.69) is 20.4 Å². The molecule has 8 nitrogen and oxygen atoms in total. The van der Waals surface area contributed by atoms with Crippen LogP contribution in [0.3, 0.4) is 0 Å². The maximum Gasteiger partial charge on any atom is 0.234 e. The van der Waals surface area contributed by atoms with Crippen LogP contribution in [0.2, 0.25) is 0 Å². The summed E-state index contributed by atoms with van der Waals surface area (Å²) >= 11 is 1.46. The van der Waals surface area contributed by atoms with E-state index < -0.39 is 0 Å². The predicted octanol–water partition coefficient (Wildman–Crippen LogP) is 0.672. The number of fused-ring (bicyclic) bond motifs is 1. The summed E-state index contributed by atoms with van der Waals surface area (Å²) in [5.41, 5.74) is 6.82. The standard InChI is InChI=1S/C11H13N7OS/c1-17-8(12)7(4-13-17)10-16-18-9(6-2-3-19-5-6)14-15-11(18)20-10/h4,6H,2-3,5,12H2,1H3. The first-order valence-electron chi connectivity index (χ1n) is 6.32. The molecule has 1 aliphatic rings. The van der Waals surface area contributed by atoms with E-state index >= 15 is 0 Å². The van der Waals surface area contributed by atoms with Crippen LogP contribution in [-0.2, 0) is 11.8 Å². The second-order valence-electron chi connectivity index (χ2n) is 4.79. The zero-order valence-electron chi connectivity index (χ0n) is 10.9. The van der Waals surface area contributed by atoms with Crippen LogP contribution < -0.4 is 5.73 Å². The molecule has 1 atom stereocenters. The number of rotatable bonds is 2. The highest BCUT2D eigenvalue weighted by Gasteiger charge is 2.25. The van der Waals surface area contributed by atoms with Crippen LogP contribution in [0.15, 0.2) is 6.20 Å². The lowest BCUT2D eigenvalue weighted by Gasteiger charge is -2.01. The van der Waals surface area contributed by atoms with Crippen LogP contribution in [0.4, 0.5) is 5.82 Å². The van der Waals surface area contributed by atoms with Crippen molar-refractivity contribution in [3.8, 4) is 10.6 Å². The predicted molar refractivity (Wildman–Crippen MR) is 73.5 cm³/mol. The number of aryl methyl sites for hydroxylation is 1. The van der Waals surface area contributed by atoms with Crippen molar-refractivity contribution in [3.05, 3.63) is 12.0 Å². The maximum absolute atomic E-state index is 5.99. The molecule has 0 spiro atoms. The second kappa shape index (κ2) is 4.25. The van der Waals surface area contributed by atoms with Gasteiger partial charge < -0.3 is 10.5 Å². The van der Waals surface area contributed by atoms with E-state index in [0.717, 1.165) is 34.4 Å². The summed E-state index contributed by atoms with van der Waals surface area (Å²) in [6.07, 6.45) is 2.68. The average molecular weight is 291 g/mol. The molecule has 0 bridgehead atoms. The highest BCUT2D eigenvalue weighted by Crippen LogP contribution is 2.31. The van der Waals surface area contributed by atoms with Gasteiger partial charge in [0.05, 0.1) is 18.4 Å². The monoisotopic (exact) mass is 291 g/mol. The topological polar surface area (TPSA) is 96.2 Å². The molecule has 3 aromatic rings. The number of nitrogen functional groups attached to an aromatic ring is 1. The number of anilines is 1. The summed E-state index contributed by atoms with van der Waals surface area (Å²) in [6, 6.07) is 0. The third-order valence-electron chi connectivity index (χ3n) is 3.52. The van der Waals surface area contributed by atoms with Gasteiger partial charge in [-0.2, -0.15) is 14.7 Å². The van der Waals surface area contributed by atoms with Crippen molar-refractivity contribution in [2.75, 3.05) is 18.9 Å². The average Bonchev–Trinajstić information content (AvgIpc) is 3.15. The summed E-state index contributed by atoms with van der Waals surface area (Å²) in [5.74, 6) is 1.73. The zero-order valence-corrected chi connectivity index (χ0v) is 11.7. The van der Waals surface area contributed by atoms with E-state index in [-0.39, 0.29) is 5.92 Å². The Balaban J connectivity index is 1.81. The molecular weight excluding hydrogens is 278 g/mol. The molecule has 1 aliphatic heterocycles. The molecule has 104 valence electrons. The Morgan fingerprint density at radius 1 is 1.45 bits per heavy atom. The van der Waals surface area contributed by atoms with Crippen LogP contribution >= 0.6 is 11.3 Å². The Morgan fingerprint density at radius 3 is 3.05 bits per heavy atom. The van der Waals surface area contributed by atoms with Gasteiger partial charge in [0.1, 0.15) is 5.82 Å². The maximum atomic E-state index is 5.99. The molecule has 0 amide bonds. The number of hydrogen-bond donors (Lipinski definition) is 1. The minimum absolute atomic E-state index is 0.270. The zero-order chi connectivity index (χ0) is 13.7. The molecule has 0 aliphatic carbocycles. The molecule has 0 radical (unpaired) electrons. The van der Waals surface area contributed by atoms with Gasteiger partial charge in [0, 0.05) is 19.6 Å². The normalized spacial score (nSPS) is 19.1. The van der Waals surface area contributed by atoms with E-state index in [9.17, 15) is 0 Å².